The van der Waals surface area contributed by atoms with Crippen LogP contribution in [0, 0.1) is 0 Å². The molecule has 0 aliphatic carbocycles. The van der Waals surface area contributed by atoms with E-state index in [1.807, 2.05) is 0 Å². The molecule has 0 amide bonds. The van der Waals surface area contributed by atoms with Crippen molar-refractivity contribution in [3.63, 3.8) is 0 Å². The SMILES string of the molecule is NS(=O)(=O)CCn1ccccc1=O. The third-order valence-electron chi connectivity index (χ3n) is 1.52. The third-order valence-corrected chi connectivity index (χ3v) is 2.27. The lowest BCUT2D eigenvalue weighted by atomic mass is 10.5. The lowest BCUT2D eigenvalue weighted by Gasteiger charge is -2.02. The molecule has 0 saturated heterocycles. The standard InChI is InChI=1S/C7H10N2O3S/c8-13(11,12)6-5-9-4-2-1-3-7(9)10/h1-4H,5-6H2,(H2,8,11,12). The molecule has 72 valence electrons. The first-order valence-electron chi connectivity index (χ1n) is 3.65. The van der Waals surface area contributed by atoms with Gasteiger partial charge in [-0.05, 0) is 6.07 Å². The van der Waals surface area contributed by atoms with E-state index in [0.29, 0.717) is 0 Å². The van der Waals surface area contributed by atoms with E-state index in [1.54, 1.807) is 12.1 Å². The number of sulfonamides is 1. The quantitative estimate of drug-likeness (QED) is 0.692. The number of nitrogens with zero attached hydrogens (tertiary/aromatic N) is 1. The van der Waals surface area contributed by atoms with Crippen molar-refractivity contribution in [1.29, 1.82) is 0 Å². The monoisotopic (exact) mass is 202 g/mol. The van der Waals surface area contributed by atoms with Gasteiger partial charge in [0.2, 0.25) is 10.0 Å². The maximum atomic E-state index is 11.1. The number of rotatable bonds is 3. The Labute approximate surface area is 75.9 Å². The minimum Gasteiger partial charge on any atom is -0.314 e. The van der Waals surface area contributed by atoms with Gasteiger partial charge in [0.05, 0.1) is 5.75 Å². The van der Waals surface area contributed by atoms with Crippen LogP contribution in [0.5, 0.6) is 0 Å². The molecule has 0 aliphatic heterocycles. The second-order valence-electron chi connectivity index (χ2n) is 2.60. The molecule has 0 bridgehead atoms. The summed E-state index contributed by atoms with van der Waals surface area (Å²) in [7, 11) is -3.50. The zero-order valence-electron chi connectivity index (χ0n) is 6.88. The summed E-state index contributed by atoms with van der Waals surface area (Å²) in [6, 6.07) is 4.61. The van der Waals surface area contributed by atoms with E-state index in [4.69, 9.17) is 5.14 Å². The fraction of sp³-hybridized carbons (Fsp3) is 0.286. The largest absolute Gasteiger partial charge is 0.314 e. The smallest absolute Gasteiger partial charge is 0.250 e. The van der Waals surface area contributed by atoms with Gasteiger partial charge >= 0.3 is 0 Å². The van der Waals surface area contributed by atoms with Crippen LogP contribution in [0.3, 0.4) is 0 Å². The van der Waals surface area contributed by atoms with Crippen molar-refractivity contribution < 1.29 is 8.42 Å². The van der Waals surface area contributed by atoms with Crippen molar-refractivity contribution in [2.75, 3.05) is 5.75 Å². The van der Waals surface area contributed by atoms with Crippen LogP contribution >= 0.6 is 0 Å². The number of nitrogens with two attached hydrogens (primary N) is 1. The Kier molecular flexibility index (Phi) is 2.84. The van der Waals surface area contributed by atoms with Gasteiger partial charge in [0.1, 0.15) is 0 Å². The van der Waals surface area contributed by atoms with Gasteiger partial charge in [0, 0.05) is 18.8 Å². The van der Waals surface area contributed by atoms with E-state index in [0.717, 1.165) is 0 Å². The maximum absolute atomic E-state index is 11.1. The van der Waals surface area contributed by atoms with Crippen LogP contribution in [0.25, 0.3) is 0 Å². The Balaban J connectivity index is 2.77. The average molecular weight is 202 g/mol. The third kappa shape index (κ3) is 3.39. The molecule has 0 fully saturated rings. The summed E-state index contributed by atoms with van der Waals surface area (Å²) < 4.78 is 22.5. The van der Waals surface area contributed by atoms with Gasteiger partial charge < -0.3 is 4.57 Å². The first-order valence-corrected chi connectivity index (χ1v) is 5.36. The van der Waals surface area contributed by atoms with Crippen LogP contribution < -0.4 is 10.7 Å². The fourth-order valence-electron chi connectivity index (χ4n) is 0.871. The minimum absolute atomic E-state index is 0.0957. The van der Waals surface area contributed by atoms with E-state index in [2.05, 4.69) is 0 Å². The van der Waals surface area contributed by atoms with Crippen molar-refractivity contribution in [2.24, 2.45) is 5.14 Å². The normalized spacial score (nSPS) is 11.5. The van der Waals surface area contributed by atoms with E-state index in [9.17, 15) is 13.2 Å². The molecule has 0 atom stereocenters. The van der Waals surface area contributed by atoms with Gasteiger partial charge in [-0.3, -0.25) is 4.79 Å². The predicted molar refractivity (Wildman–Crippen MR) is 48.7 cm³/mol. The van der Waals surface area contributed by atoms with E-state index in [1.165, 1.54) is 16.8 Å². The molecule has 0 radical (unpaired) electrons. The maximum Gasteiger partial charge on any atom is 0.250 e. The molecule has 1 rings (SSSR count). The molecule has 13 heavy (non-hydrogen) atoms. The summed E-state index contributed by atoms with van der Waals surface area (Å²) in [5.41, 5.74) is -0.230. The highest BCUT2D eigenvalue weighted by Crippen LogP contribution is 1.85. The number of pyridine rings is 1. The Hall–Kier alpha value is -1.14. The molecule has 0 aliphatic rings. The van der Waals surface area contributed by atoms with Gasteiger partial charge in [-0.15, -0.1) is 0 Å². The molecule has 1 aromatic heterocycles. The molecule has 6 heteroatoms. The topological polar surface area (TPSA) is 82.2 Å². The summed E-state index contributed by atoms with van der Waals surface area (Å²) in [5.74, 6) is -0.225. The molecular weight excluding hydrogens is 192 g/mol. The Morgan fingerprint density at radius 2 is 2.08 bits per heavy atom. The zero-order valence-corrected chi connectivity index (χ0v) is 7.70. The van der Waals surface area contributed by atoms with Gasteiger partial charge in [-0.1, -0.05) is 6.07 Å². The van der Waals surface area contributed by atoms with Crippen LogP contribution in [0.4, 0.5) is 0 Å². The first-order chi connectivity index (χ1) is 5.99. The van der Waals surface area contributed by atoms with Crippen LogP contribution in [0.1, 0.15) is 0 Å². The lowest BCUT2D eigenvalue weighted by Crippen LogP contribution is -2.25. The van der Waals surface area contributed by atoms with Gasteiger partial charge in [0.15, 0.2) is 0 Å². The number of aromatic nitrogens is 1. The molecule has 1 aromatic rings. The first kappa shape index (κ1) is 9.94. The molecule has 0 spiro atoms. The van der Waals surface area contributed by atoms with Crippen LogP contribution in [-0.4, -0.2) is 18.7 Å². The van der Waals surface area contributed by atoms with E-state index in [-0.39, 0.29) is 17.9 Å². The average Bonchev–Trinajstić information content (AvgIpc) is 2.01. The van der Waals surface area contributed by atoms with Crippen molar-refractivity contribution in [2.45, 2.75) is 6.54 Å². The van der Waals surface area contributed by atoms with Gasteiger partial charge in [0.25, 0.3) is 5.56 Å². The minimum atomic E-state index is -3.50. The summed E-state index contributed by atoms with van der Waals surface area (Å²) in [6.45, 7) is 0.0957. The highest BCUT2D eigenvalue weighted by atomic mass is 32.2. The summed E-state index contributed by atoms with van der Waals surface area (Å²) in [4.78, 5) is 11.1. The van der Waals surface area contributed by atoms with Gasteiger partial charge in [-0.2, -0.15) is 0 Å². The summed E-state index contributed by atoms with van der Waals surface area (Å²) >= 11 is 0. The Morgan fingerprint density at radius 3 is 2.62 bits per heavy atom. The highest BCUT2D eigenvalue weighted by Gasteiger charge is 2.02. The lowest BCUT2D eigenvalue weighted by molar-refractivity contribution is 0.589. The Morgan fingerprint density at radius 1 is 1.38 bits per heavy atom. The molecule has 0 aromatic carbocycles. The van der Waals surface area contributed by atoms with E-state index < -0.39 is 10.0 Å². The van der Waals surface area contributed by atoms with Crippen molar-refractivity contribution in [3.8, 4) is 0 Å². The highest BCUT2D eigenvalue weighted by molar-refractivity contribution is 7.89. The molecule has 0 unspecified atom stereocenters. The number of aryl methyl sites for hydroxylation is 1. The summed E-state index contributed by atoms with van der Waals surface area (Å²) in [5, 5.41) is 4.79. The van der Waals surface area contributed by atoms with Crippen LogP contribution in [0.2, 0.25) is 0 Å². The predicted octanol–water partition coefficient (Wildman–Crippen LogP) is -0.863. The summed E-state index contributed by atoms with van der Waals surface area (Å²) in [6.07, 6.45) is 1.52. The molecule has 5 nitrogen and oxygen atoms in total. The fourth-order valence-corrected chi connectivity index (χ4v) is 1.32. The molecule has 1 heterocycles. The van der Waals surface area contributed by atoms with Crippen molar-refractivity contribution in [1.82, 2.24) is 4.57 Å². The van der Waals surface area contributed by atoms with E-state index >= 15 is 0 Å². The zero-order chi connectivity index (χ0) is 9.90. The van der Waals surface area contributed by atoms with Gasteiger partial charge in [-0.25, -0.2) is 13.6 Å². The second kappa shape index (κ2) is 3.71. The number of hydrogen-bond acceptors (Lipinski definition) is 3. The molecule has 0 saturated carbocycles. The second-order valence-corrected chi connectivity index (χ2v) is 4.33. The van der Waals surface area contributed by atoms with Crippen LogP contribution in [0.15, 0.2) is 29.2 Å². The molecule has 2 N–H and O–H groups in total. The number of hydrogen-bond donors (Lipinski definition) is 1. The van der Waals surface area contributed by atoms with Crippen molar-refractivity contribution >= 4 is 10.0 Å². The van der Waals surface area contributed by atoms with Crippen LogP contribution in [-0.2, 0) is 16.6 Å². The Bertz CT molecular complexity index is 435. The number of primary sulfonamides is 1. The van der Waals surface area contributed by atoms with Crippen molar-refractivity contribution in [3.05, 3.63) is 34.7 Å². The molecular formula is C7H10N2O3S.